The summed E-state index contributed by atoms with van der Waals surface area (Å²) in [5, 5.41) is 18.1. The van der Waals surface area contributed by atoms with Crippen LogP contribution in [-0.4, -0.2) is 46.8 Å². The maximum Gasteiger partial charge on any atom is 0.254 e. The van der Waals surface area contributed by atoms with Crippen LogP contribution in [0.2, 0.25) is 0 Å². The number of carbonyl (C=O) groups is 1. The molecule has 1 heterocycles. The molecule has 1 saturated heterocycles. The third kappa shape index (κ3) is 3.63. The van der Waals surface area contributed by atoms with E-state index in [1.165, 1.54) is 0 Å². The minimum absolute atomic E-state index is 0.0147. The highest BCUT2D eigenvalue weighted by molar-refractivity contribution is 5.96. The Labute approximate surface area is 125 Å². The molecule has 1 aromatic rings. The van der Waals surface area contributed by atoms with Gasteiger partial charge in [0, 0.05) is 24.1 Å². The molecule has 1 unspecified atom stereocenters. The lowest BCUT2D eigenvalue weighted by Gasteiger charge is -2.24. The lowest BCUT2D eigenvalue weighted by molar-refractivity contribution is 0.0677. The fourth-order valence-electron chi connectivity index (χ4n) is 2.60. The number of nitrogens with zero attached hydrogens (tertiary/aromatic N) is 1. The Balaban J connectivity index is 2.24. The van der Waals surface area contributed by atoms with Crippen molar-refractivity contribution in [2.24, 2.45) is 0 Å². The van der Waals surface area contributed by atoms with Crippen molar-refractivity contribution in [1.29, 1.82) is 0 Å². The summed E-state index contributed by atoms with van der Waals surface area (Å²) in [5.74, 6) is 5.78. The molecule has 0 spiro atoms. The van der Waals surface area contributed by atoms with Crippen LogP contribution in [0.4, 0.5) is 0 Å². The number of aliphatic hydroxyl groups is 2. The standard InChI is InChI=1S/C17H21NO3/c1-13-7-8-14(5-2-3-10-19)11-16(13)17(21)18-9-4-6-15(18)12-20/h7-8,11,15,19-20H,3-4,6,9-10,12H2,1H3. The summed E-state index contributed by atoms with van der Waals surface area (Å²) < 4.78 is 0. The molecule has 4 nitrogen and oxygen atoms in total. The van der Waals surface area contributed by atoms with Gasteiger partial charge in [0.1, 0.15) is 0 Å². The average Bonchev–Trinajstić information content (AvgIpc) is 2.97. The van der Waals surface area contributed by atoms with Gasteiger partial charge in [0.15, 0.2) is 0 Å². The molecule has 0 radical (unpaired) electrons. The molecular formula is C17H21NO3. The number of aliphatic hydroxyl groups excluding tert-OH is 2. The zero-order valence-corrected chi connectivity index (χ0v) is 12.3. The van der Waals surface area contributed by atoms with E-state index >= 15 is 0 Å². The summed E-state index contributed by atoms with van der Waals surface area (Å²) in [6.45, 7) is 2.66. The Morgan fingerprint density at radius 2 is 2.24 bits per heavy atom. The number of hydrogen-bond acceptors (Lipinski definition) is 3. The lowest BCUT2D eigenvalue weighted by Crippen LogP contribution is -2.37. The van der Waals surface area contributed by atoms with E-state index in [1.54, 1.807) is 11.0 Å². The first kappa shape index (κ1) is 15.6. The molecule has 1 aliphatic rings. The highest BCUT2D eigenvalue weighted by Gasteiger charge is 2.29. The maximum atomic E-state index is 12.6. The second-order valence-electron chi connectivity index (χ2n) is 5.28. The lowest BCUT2D eigenvalue weighted by atomic mass is 10.0. The Bertz CT molecular complexity index is 571. The van der Waals surface area contributed by atoms with Crippen LogP contribution in [0.25, 0.3) is 0 Å². The summed E-state index contributed by atoms with van der Waals surface area (Å²) >= 11 is 0. The van der Waals surface area contributed by atoms with Crippen molar-refractivity contribution in [2.75, 3.05) is 19.8 Å². The molecule has 2 N–H and O–H groups in total. The van der Waals surface area contributed by atoms with Gasteiger partial charge < -0.3 is 15.1 Å². The first-order valence-corrected chi connectivity index (χ1v) is 7.29. The Morgan fingerprint density at radius 3 is 2.95 bits per heavy atom. The predicted molar refractivity (Wildman–Crippen MR) is 80.9 cm³/mol. The molecule has 1 aliphatic heterocycles. The molecule has 2 rings (SSSR count). The van der Waals surface area contributed by atoms with E-state index in [1.807, 2.05) is 19.1 Å². The van der Waals surface area contributed by atoms with Gasteiger partial charge >= 0.3 is 0 Å². The van der Waals surface area contributed by atoms with Crippen LogP contribution in [0, 0.1) is 18.8 Å². The summed E-state index contributed by atoms with van der Waals surface area (Å²) in [7, 11) is 0. The number of rotatable bonds is 3. The molecule has 0 saturated carbocycles. The zero-order chi connectivity index (χ0) is 15.2. The van der Waals surface area contributed by atoms with Gasteiger partial charge in [0.05, 0.1) is 19.3 Å². The fraction of sp³-hybridized carbons (Fsp3) is 0.471. The number of aryl methyl sites for hydroxylation is 1. The first-order chi connectivity index (χ1) is 10.2. The van der Waals surface area contributed by atoms with Gasteiger partial charge in [-0.05, 0) is 37.5 Å². The third-order valence-electron chi connectivity index (χ3n) is 3.79. The van der Waals surface area contributed by atoms with Crippen molar-refractivity contribution in [3.8, 4) is 11.8 Å². The van der Waals surface area contributed by atoms with Crippen LogP contribution in [0.15, 0.2) is 18.2 Å². The Kier molecular flexibility index (Phi) is 5.38. The van der Waals surface area contributed by atoms with Gasteiger partial charge in [-0.25, -0.2) is 0 Å². The van der Waals surface area contributed by atoms with Crippen molar-refractivity contribution in [2.45, 2.75) is 32.2 Å². The van der Waals surface area contributed by atoms with E-state index in [2.05, 4.69) is 11.8 Å². The van der Waals surface area contributed by atoms with Crippen LogP contribution in [0.1, 0.15) is 40.7 Å². The molecule has 1 amide bonds. The molecule has 1 aromatic carbocycles. The van der Waals surface area contributed by atoms with Gasteiger partial charge in [0.2, 0.25) is 0 Å². The van der Waals surface area contributed by atoms with Crippen LogP contribution in [-0.2, 0) is 0 Å². The molecule has 0 bridgehead atoms. The topological polar surface area (TPSA) is 60.8 Å². The highest BCUT2D eigenvalue weighted by Crippen LogP contribution is 2.21. The second kappa shape index (κ2) is 7.26. The Morgan fingerprint density at radius 1 is 1.43 bits per heavy atom. The third-order valence-corrected chi connectivity index (χ3v) is 3.79. The summed E-state index contributed by atoms with van der Waals surface area (Å²) in [6, 6.07) is 5.50. The highest BCUT2D eigenvalue weighted by atomic mass is 16.3. The second-order valence-corrected chi connectivity index (χ2v) is 5.28. The maximum absolute atomic E-state index is 12.6. The van der Waals surface area contributed by atoms with E-state index < -0.39 is 0 Å². The van der Waals surface area contributed by atoms with Gasteiger partial charge in [-0.15, -0.1) is 0 Å². The summed E-state index contributed by atoms with van der Waals surface area (Å²) in [6.07, 6.45) is 2.22. The first-order valence-electron chi connectivity index (χ1n) is 7.29. The molecule has 1 fully saturated rings. The average molecular weight is 287 g/mol. The molecule has 0 aromatic heterocycles. The van der Waals surface area contributed by atoms with Crippen LogP contribution in [0.5, 0.6) is 0 Å². The van der Waals surface area contributed by atoms with Crippen molar-refractivity contribution >= 4 is 5.91 Å². The van der Waals surface area contributed by atoms with Crippen molar-refractivity contribution < 1.29 is 15.0 Å². The molecule has 112 valence electrons. The smallest absolute Gasteiger partial charge is 0.254 e. The molecule has 21 heavy (non-hydrogen) atoms. The number of benzene rings is 1. The SMILES string of the molecule is Cc1ccc(C#CCCO)cc1C(=O)N1CCCC1CO. The van der Waals surface area contributed by atoms with Crippen molar-refractivity contribution in [1.82, 2.24) is 4.90 Å². The van der Waals surface area contributed by atoms with Crippen molar-refractivity contribution in [3.63, 3.8) is 0 Å². The number of hydrogen-bond donors (Lipinski definition) is 2. The predicted octanol–water partition coefficient (Wildman–Crippen LogP) is 1.33. The molecule has 0 aliphatic carbocycles. The van der Waals surface area contributed by atoms with Crippen molar-refractivity contribution in [3.05, 3.63) is 34.9 Å². The number of carbonyl (C=O) groups excluding carboxylic acids is 1. The van der Waals surface area contributed by atoms with Crippen LogP contribution < -0.4 is 0 Å². The summed E-state index contributed by atoms with van der Waals surface area (Å²) in [4.78, 5) is 14.4. The van der Waals surface area contributed by atoms with Gasteiger partial charge in [-0.3, -0.25) is 4.79 Å². The molecule has 1 atom stereocenters. The minimum Gasteiger partial charge on any atom is -0.395 e. The molecule has 4 heteroatoms. The van der Waals surface area contributed by atoms with E-state index in [-0.39, 0.29) is 25.2 Å². The fourth-order valence-corrected chi connectivity index (χ4v) is 2.60. The van der Waals surface area contributed by atoms with Gasteiger partial charge in [-0.1, -0.05) is 17.9 Å². The normalized spacial score (nSPS) is 17.5. The zero-order valence-electron chi connectivity index (χ0n) is 12.3. The van der Waals surface area contributed by atoms with Gasteiger partial charge in [0.25, 0.3) is 5.91 Å². The van der Waals surface area contributed by atoms with E-state index in [0.29, 0.717) is 18.5 Å². The largest absolute Gasteiger partial charge is 0.395 e. The summed E-state index contributed by atoms with van der Waals surface area (Å²) in [5.41, 5.74) is 2.33. The van der Waals surface area contributed by atoms with E-state index in [0.717, 1.165) is 24.0 Å². The number of amides is 1. The van der Waals surface area contributed by atoms with Gasteiger partial charge in [-0.2, -0.15) is 0 Å². The van der Waals surface area contributed by atoms with E-state index in [9.17, 15) is 9.90 Å². The quantitative estimate of drug-likeness (QED) is 0.824. The van der Waals surface area contributed by atoms with E-state index in [4.69, 9.17) is 5.11 Å². The monoisotopic (exact) mass is 287 g/mol. The van der Waals surface area contributed by atoms with Crippen LogP contribution >= 0.6 is 0 Å². The van der Waals surface area contributed by atoms with Crippen LogP contribution in [0.3, 0.4) is 0 Å². The Hall–Kier alpha value is -1.83. The minimum atomic E-state index is -0.0685. The molecular weight excluding hydrogens is 266 g/mol. The number of likely N-dealkylation sites (tertiary alicyclic amines) is 1.